The van der Waals surface area contributed by atoms with Gasteiger partial charge in [-0.1, -0.05) is 79.0 Å². The average Bonchev–Trinajstić information content (AvgIpc) is 3.55. The number of halogens is 1. The molecular weight excluding hydrogens is 562 g/mol. The van der Waals surface area contributed by atoms with Gasteiger partial charge in [0.25, 0.3) is 15.9 Å². The highest BCUT2D eigenvalue weighted by Crippen LogP contribution is 2.30. The monoisotopic (exact) mass is 593 g/mol. The van der Waals surface area contributed by atoms with Crippen LogP contribution in [0.2, 0.25) is 5.02 Å². The van der Waals surface area contributed by atoms with Gasteiger partial charge in [-0.05, 0) is 48.2 Å². The normalized spacial score (nSPS) is 16.8. The summed E-state index contributed by atoms with van der Waals surface area (Å²) in [6.45, 7) is -0.208. The summed E-state index contributed by atoms with van der Waals surface area (Å²) in [6.07, 6.45) is 3.89. The van der Waals surface area contributed by atoms with Gasteiger partial charge in [-0.2, -0.15) is 0 Å². The number of carbonyl (C=O) groups excluding carboxylic acids is 3. The van der Waals surface area contributed by atoms with Crippen molar-refractivity contribution in [2.75, 3.05) is 6.54 Å². The van der Waals surface area contributed by atoms with Crippen LogP contribution >= 0.6 is 11.6 Å². The lowest BCUT2D eigenvalue weighted by molar-refractivity contribution is -0.141. The molecule has 1 aliphatic carbocycles. The van der Waals surface area contributed by atoms with Gasteiger partial charge < -0.3 is 10.2 Å². The highest BCUT2D eigenvalue weighted by Gasteiger charge is 2.41. The minimum Gasteiger partial charge on any atom is -0.352 e. The molecule has 3 aromatic rings. The molecular formula is C31H32ClN3O5S. The number of hydrogen-bond donors (Lipinski definition) is 1. The van der Waals surface area contributed by atoms with Gasteiger partial charge in [0, 0.05) is 37.0 Å². The van der Waals surface area contributed by atoms with E-state index < -0.39 is 27.9 Å². The zero-order valence-corrected chi connectivity index (χ0v) is 24.1. The lowest BCUT2D eigenvalue weighted by Crippen LogP contribution is -2.52. The van der Waals surface area contributed by atoms with Crippen molar-refractivity contribution in [2.24, 2.45) is 0 Å². The van der Waals surface area contributed by atoms with Gasteiger partial charge in [-0.25, -0.2) is 12.7 Å². The molecule has 0 spiro atoms. The summed E-state index contributed by atoms with van der Waals surface area (Å²) in [5.74, 6) is -1.33. The standard InChI is InChI=1S/C31H32ClN3O5S/c32-24-16-14-23(15-17-24)21-34(27(20-22-8-2-1-3-9-22)30(37)33-25-10-4-5-11-25)29(36)18-19-35-31(38)26-12-6-7-13-28(26)41(35,39)40/h1-3,6-9,12-17,25,27H,4-5,10-11,18-21H2,(H,33,37)/t27-/m1/s1. The second-order valence-electron chi connectivity index (χ2n) is 10.5. The third-order valence-electron chi connectivity index (χ3n) is 7.68. The van der Waals surface area contributed by atoms with Gasteiger partial charge >= 0.3 is 0 Å². The Balaban J connectivity index is 1.42. The van der Waals surface area contributed by atoms with Gasteiger partial charge in [0.1, 0.15) is 10.9 Å². The van der Waals surface area contributed by atoms with Crippen LogP contribution in [0.3, 0.4) is 0 Å². The third-order valence-corrected chi connectivity index (χ3v) is 9.77. The zero-order chi connectivity index (χ0) is 29.0. The van der Waals surface area contributed by atoms with Crippen molar-refractivity contribution < 1.29 is 22.8 Å². The number of carbonyl (C=O) groups is 3. The van der Waals surface area contributed by atoms with Crippen LogP contribution in [0.4, 0.5) is 0 Å². The average molecular weight is 594 g/mol. The molecule has 1 saturated carbocycles. The first-order valence-electron chi connectivity index (χ1n) is 13.8. The molecule has 1 atom stereocenters. The first-order valence-corrected chi connectivity index (χ1v) is 15.6. The molecule has 3 amide bonds. The molecule has 0 saturated heterocycles. The molecule has 0 aromatic heterocycles. The van der Waals surface area contributed by atoms with E-state index in [4.69, 9.17) is 11.6 Å². The van der Waals surface area contributed by atoms with Crippen molar-refractivity contribution in [1.82, 2.24) is 14.5 Å². The molecule has 2 aliphatic rings. The first-order chi connectivity index (χ1) is 19.7. The smallest absolute Gasteiger partial charge is 0.269 e. The van der Waals surface area contributed by atoms with Crippen molar-refractivity contribution in [3.8, 4) is 0 Å². The van der Waals surface area contributed by atoms with Crippen LogP contribution in [-0.2, 0) is 32.6 Å². The van der Waals surface area contributed by atoms with E-state index >= 15 is 0 Å². The molecule has 41 heavy (non-hydrogen) atoms. The predicted octanol–water partition coefficient (Wildman–Crippen LogP) is 4.57. The summed E-state index contributed by atoms with van der Waals surface area (Å²) >= 11 is 6.09. The molecule has 1 heterocycles. The van der Waals surface area contributed by atoms with Crippen LogP contribution in [-0.4, -0.2) is 54.0 Å². The summed E-state index contributed by atoms with van der Waals surface area (Å²) in [5.41, 5.74) is 1.75. The van der Waals surface area contributed by atoms with Crippen LogP contribution in [0.25, 0.3) is 0 Å². The highest BCUT2D eigenvalue weighted by atomic mass is 35.5. The van der Waals surface area contributed by atoms with Crippen LogP contribution in [0.5, 0.6) is 0 Å². The van der Waals surface area contributed by atoms with Crippen molar-refractivity contribution in [3.05, 3.63) is 101 Å². The van der Waals surface area contributed by atoms with Crippen LogP contribution in [0.15, 0.2) is 83.8 Å². The Morgan fingerprint density at radius 1 is 0.927 bits per heavy atom. The molecule has 0 unspecified atom stereocenters. The van der Waals surface area contributed by atoms with E-state index in [0.29, 0.717) is 5.02 Å². The number of rotatable bonds is 10. The van der Waals surface area contributed by atoms with E-state index in [1.165, 1.54) is 17.0 Å². The Labute approximate surface area is 245 Å². The fourth-order valence-electron chi connectivity index (χ4n) is 5.50. The predicted molar refractivity (Wildman–Crippen MR) is 156 cm³/mol. The lowest BCUT2D eigenvalue weighted by atomic mass is 10.0. The molecule has 0 bridgehead atoms. The van der Waals surface area contributed by atoms with Crippen LogP contribution in [0, 0.1) is 0 Å². The number of nitrogens with one attached hydrogen (secondary N) is 1. The zero-order valence-electron chi connectivity index (χ0n) is 22.5. The van der Waals surface area contributed by atoms with E-state index in [2.05, 4.69) is 5.32 Å². The van der Waals surface area contributed by atoms with E-state index in [0.717, 1.165) is 41.1 Å². The SMILES string of the molecule is O=C(NC1CCCC1)[C@@H](Cc1ccccc1)N(Cc1ccc(Cl)cc1)C(=O)CCN1C(=O)c2ccccc2S1(=O)=O. The number of fused-ring (bicyclic) bond motifs is 1. The maximum absolute atomic E-state index is 13.9. The maximum atomic E-state index is 13.9. The lowest BCUT2D eigenvalue weighted by Gasteiger charge is -2.33. The van der Waals surface area contributed by atoms with Crippen molar-refractivity contribution in [2.45, 2.75) is 62.0 Å². The Morgan fingerprint density at radius 2 is 1.59 bits per heavy atom. The Bertz CT molecular complexity index is 1520. The maximum Gasteiger partial charge on any atom is 0.269 e. The van der Waals surface area contributed by atoms with Gasteiger partial charge in [0.05, 0.1) is 5.56 Å². The highest BCUT2D eigenvalue weighted by molar-refractivity contribution is 7.90. The Morgan fingerprint density at radius 3 is 2.27 bits per heavy atom. The fraction of sp³-hybridized carbons (Fsp3) is 0.323. The summed E-state index contributed by atoms with van der Waals surface area (Å²) in [7, 11) is -4.06. The fourth-order valence-corrected chi connectivity index (χ4v) is 7.20. The number of amides is 3. The van der Waals surface area contributed by atoms with Crippen molar-refractivity contribution in [1.29, 1.82) is 0 Å². The first kappa shape index (κ1) is 28.8. The summed E-state index contributed by atoms with van der Waals surface area (Å²) < 4.78 is 26.9. The number of nitrogens with zero attached hydrogens (tertiary/aromatic N) is 2. The summed E-state index contributed by atoms with van der Waals surface area (Å²) in [5, 5.41) is 3.69. The molecule has 8 nitrogen and oxygen atoms in total. The largest absolute Gasteiger partial charge is 0.352 e. The van der Waals surface area contributed by atoms with E-state index in [1.807, 2.05) is 30.3 Å². The second kappa shape index (κ2) is 12.4. The molecule has 0 radical (unpaired) electrons. The summed E-state index contributed by atoms with van der Waals surface area (Å²) in [4.78, 5) is 42.1. The molecule has 10 heteroatoms. The molecule has 214 valence electrons. The minimum absolute atomic E-state index is 0.0547. The molecule has 3 aromatic carbocycles. The second-order valence-corrected chi connectivity index (χ2v) is 12.7. The van der Waals surface area contributed by atoms with Crippen molar-refractivity contribution >= 4 is 39.3 Å². The van der Waals surface area contributed by atoms with E-state index in [9.17, 15) is 22.8 Å². The minimum atomic E-state index is -4.06. The third kappa shape index (κ3) is 6.47. The Hall–Kier alpha value is -3.69. The molecule has 1 aliphatic heterocycles. The number of sulfonamides is 1. The van der Waals surface area contributed by atoms with Gasteiger partial charge in [-0.15, -0.1) is 0 Å². The quantitative estimate of drug-likeness (QED) is 0.371. The van der Waals surface area contributed by atoms with Gasteiger partial charge in [0.2, 0.25) is 11.8 Å². The molecule has 5 rings (SSSR count). The molecule has 1 fully saturated rings. The Kier molecular flexibility index (Phi) is 8.75. The number of benzene rings is 3. The van der Waals surface area contributed by atoms with Crippen LogP contribution in [0.1, 0.15) is 53.6 Å². The van der Waals surface area contributed by atoms with Gasteiger partial charge in [0.15, 0.2) is 0 Å². The number of hydrogen-bond acceptors (Lipinski definition) is 5. The van der Waals surface area contributed by atoms with Crippen LogP contribution < -0.4 is 5.32 Å². The van der Waals surface area contributed by atoms with Crippen molar-refractivity contribution in [3.63, 3.8) is 0 Å². The van der Waals surface area contributed by atoms with E-state index in [-0.39, 0.29) is 48.3 Å². The summed E-state index contributed by atoms with van der Waals surface area (Å²) in [6, 6.07) is 21.7. The molecule has 1 N–H and O–H groups in total. The van der Waals surface area contributed by atoms with Gasteiger partial charge in [-0.3, -0.25) is 14.4 Å². The van der Waals surface area contributed by atoms with E-state index in [1.54, 1.807) is 36.4 Å². The topological polar surface area (TPSA) is 104 Å².